The van der Waals surface area contributed by atoms with Gasteiger partial charge in [0.1, 0.15) is 5.75 Å². The largest absolute Gasteiger partial charge is 0.496 e. The number of nitro benzene ring substituents is 1. The predicted octanol–water partition coefficient (Wildman–Crippen LogP) is 2.88. The van der Waals surface area contributed by atoms with Crippen LogP contribution in [0.1, 0.15) is 0 Å². The smallest absolute Gasteiger partial charge is 0.271 e. The Hall–Kier alpha value is -2.17. The number of hydrogen-bond donors (Lipinski definition) is 0. The van der Waals surface area contributed by atoms with E-state index >= 15 is 0 Å². The Balaban J connectivity index is 1.74. The van der Waals surface area contributed by atoms with Crippen LogP contribution in [0.5, 0.6) is 5.75 Å². The van der Waals surface area contributed by atoms with Crippen molar-refractivity contribution in [3.05, 3.63) is 57.1 Å². The number of sulfonamides is 1. The van der Waals surface area contributed by atoms with Gasteiger partial charge in [-0.2, -0.15) is 4.31 Å². The molecule has 10 heteroatoms. The van der Waals surface area contributed by atoms with E-state index in [1.54, 1.807) is 18.2 Å². The summed E-state index contributed by atoms with van der Waals surface area (Å²) in [4.78, 5) is 12.6. The van der Waals surface area contributed by atoms with Crippen LogP contribution in [0.25, 0.3) is 0 Å². The van der Waals surface area contributed by atoms with Crippen molar-refractivity contribution in [2.75, 3.05) is 38.2 Å². The molecule has 0 aliphatic carbocycles. The van der Waals surface area contributed by atoms with E-state index in [4.69, 9.17) is 4.74 Å². The van der Waals surface area contributed by atoms with E-state index < -0.39 is 14.9 Å². The lowest BCUT2D eigenvalue weighted by Crippen LogP contribution is -2.48. The lowest BCUT2D eigenvalue weighted by Gasteiger charge is -2.35. The van der Waals surface area contributed by atoms with Crippen LogP contribution in [0, 0.1) is 10.1 Å². The van der Waals surface area contributed by atoms with Crippen molar-refractivity contribution < 1.29 is 18.1 Å². The Morgan fingerprint density at radius 3 is 2.41 bits per heavy atom. The van der Waals surface area contributed by atoms with Gasteiger partial charge < -0.3 is 9.64 Å². The van der Waals surface area contributed by atoms with Gasteiger partial charge in [-0.3, -0.25) is 10.1 Å². The van der Waals surface area contributed by atoms with Gasteiger partial charge in [0.25, 0.3) is 5.69 Å². The molecule has 0 radical (unpaired) electrons. The maximum absolute atomic E-state index is 12.9. The molecule has 27 heavy (non-hydrogen) atoms. The monoisotopic (exact) mass is 455 g/mol. The van der Waals surface area contributed by atoms with Gasteiger partial charge in [-0.25, -0.2) is 8.42 Å². The molecule has 0 amide bonds. The van der Waals surface area contributed by atoms with Crippen LogP contribution in [0.3, 0.4) is 0 Å². The van der Waals surface area contributed by atoms with Crippen LogP contribution in [0.4, 0.5) is 11.4 Å². The standard InChI is InChI=1S/C17H18BrN3O5S/c1-26-17-6-5-15(12-16(17)18)27(24,25)20-9-7-19(8-10-20)13-3-2-4-14(11-13)21(22)23/h2-6,11-12H,7-10H2,1H3. The number of nitrogens with zero attached hydrogens (tertiary/aromatic N) is 3. The zero-order chi connectivity index (χ0) is 19.6. The lowest BCUT2D eigenvalue weighted by molar-refractivity contribution is -0.384. The third kappa shape index (κ3) is 4.07. The second-order valence-corrected chi connectivity index (χ2v) is 8.76. The number of non-ortho nitro benzene ring substituents is 1. The van der Waals surface area contributed by atoms with Gasteiger partial charge in [0.2, 0.25) is 10.0 Å². The fourth-order valence-corrected chi connectivity index (χ4v) is 5.09. The van der Waals surface area contributed by atoms with Gasteiger partial charge in [0, 0.05) is 44.0 Å². The molecule has 1 heterocycles. The molecule has 1 aliphatic heterocycles. The molecule has 0 spiro atoms. The molecule has 0 aromatic heterocycles. The first kappa shape index (κ1) is 19.6. The quantitative estimate of drug-likeness (QED) is 0.508. The summed E-state index contributed by atoms with van der Waals surface area (Å²) in [6.07, 6.45) is 0. The molecule has 144 valence electrons. The summed E-state index contributed by atoms with van der Waals surface area (Å²) in [5.41, 5.74) is 0.735. The minimum atomic E-state index is -3.62. The van der Waals surface area contributed by atoms with E-state index in [0.717, 1.165) is 0 Å². The van der Waals surface area contributed by atoms with Crippen molar-refractivity contribution in [3.8, 4) is 5.75 Å². The second kappa shape index (κ2) is 7.83. The number of halogens is 1. The Morgan fingerprint density at radius 1 is 1.11 bits per heavy atom. The minimum absolute atomic E-state index is 0.0191. The summed E-state index contributed by atoms with van der Waals surface area (Å²) in [5, 5.41) is 10.9. The minimum Gasteiger partial charge on any atom is -0.496 e. The lowest BCUT2D eigenvalue weighted by atomic mass is 10.2. The van der Waals surface area contributed by atoms with E-state index in [0.29, 0.717) is 42.1 Å². The molecule has 8 nitrogen and oxygen atoms in total. The van der Waals surface area contributed by atoms with E-state index in [-0.39, 0.29) is 10.6 Å². The molecule has 1 saturated heterocycles. The highest BCUT2D eigenvalue weighted by atomic mass is 79.9. The molecule has 2 aromatic carbocycles. The number of nitro groups is 1. The third-order valence-corrected chi connectivity index (χ3v) is 6.92. The molecule has 3 rings (SSSR count). The number of hydrogen-bond acceptors (Lipinski definition) is 6. The Kier molecular flexibility index (Phi) is 5.68. The molecule has 0 N–H and O–H groups in total. The van der Waals surface area contributed by atoms with E-state index in [9.17, 15) is 18.5 Å². The van der Waals surface area contributed by atoms with E-state index in [2.05, 4.69) is 15.9 Å². The van der Waals surface area contributed by atoms with Crippen LogP contribution in [0.2, 0.25) is 0 Å². The first-order valence-corrected chi connectivity index (χ1v) is 10.4. The summed E-state index contributed by atoms with van der Waals surface area (Å²) in [6.45, 7) is 1.51. The molecular formula is C17H18BrN3O5S. The SMILES string of the molecule is COc1ccc(S(=O)(=O)N2CCN(c3cccc([N+](=O)[O-])c3)CC2)cc1Br. The zero-order valence-corrected chi connectivity index (χ0v) is 16.9. The fourth-order valence-electron chi connectivity index (χ4n) is 2.95. The van der Waals surface area contributed by atoms with Gasteiger partial charge in [-0.15, -0.1) is 0 Å². The van der Waals surface area contributed by atoms with E-state index in [1.807, 2.05) is 4.90 Å². The summed E-state index contributed by atoms with van der Waals surface area (Å²) in [5.74, 6) is 0.560. The van der Waals surface area contributed by atoms with Crippen molar-refractivity contribution in [3.63, 3.8) is 0 Å². The molecule has 0 saturated carbocycles. The summed E-state index contributed by atoms with van der Waals surface area (Å²) in [6, 6.07) is 11.0. The zero-order valence-electron chi connectivity index (χ0n) is 14.5. The second-order valence-electron chi connectivity index (χ2n) is 5.96. The highest BCUT2D eigenvalue weighted by Crippen LogP contribution is 2.30. The average molecular weight is 456 g/mol. The van der Waals surface area contributed by atoms with Crippen LogP contribution in [0.15, 0.2) is 51.8 Å². The van der Waals surface area contributed by atoms with Crippen LogP contribution in [-0.2, 0) is 10.0 Å². The first-order valence-electron chi connectivity index (χ1n) is 8.16. The number of rotatable bonds is 5. The molecule has 0 unspecified atom stereocenters. The van der Waals surface area contributed by atoms with Crippen LogP contribution >= 0.6 is 15.9 Å². The Morgan fingerprint density at radius 2 is 1.81 bits per heavy atom. The number of methoxy groups -OCH3 is 1. The highest BCUT2D eigenvalue weighted by Gasteiger charge is 2.29. The molecule has 0 atom stereocenters. The van der Waals surface area contributed by atoms with Crippen molar-refractivity contribution in [2.24, 2.45) is 0 Å². The fraction of sp³-hybridized carbons (Fsp3) is 0.294. The van der Waals surface area contributed by atoms with Crippen LogP contribution < -0.4 is 9.64 Å². The highest BCUT2D eigenvalue weighted by molar-refractivity contribution is 9.10. The van der Waals surface area contributed by atoms with Gasteiger partial charge in [0.15, 0.2) is 0 Å². The van der Waals surface area contributed by atoms with Crippen LogP contribution in [-0.4, -0.2) is 50.9 Å². The van der Waals surface area contributed by atoms with Crippen molar-refractivity contribution in [2.45, 2.75) is 4.90 Å². The van der Waals surface area contributed by atoms with E-state index in [1.165, 1.54) is 35.7 Å². The third-order valence-electron chi connectivity index (χ3n) is 4.41. The predicted molar refractivity (Wildman–Crippen MR) is 105 cm³/mol. The van der Waals surface area contributed by atoms with Gasteiger partial charge in [-0.1, -0.05) is 6.07 Å². The maximum atomic E-state index is 12.9. The number of ether oxygens (including phenoxy) is 1. The van der Waals surface area contributed by atoms with Gasteiger partial charge in [0.05, 0.1) is 21.4 Å². The average Bonchev–Trinajstić information content (AvgIpc) is 2.68. The van der Waals surface area contributed by atoms with Gasteiger partial charge in [-0.05, 0) is 40.2 Å². The summed E-state index contributed by atoms with van der Waals surface area (Å²) in [7, 11) is -2.11. The first-order chi connectivity index (χ1) is 12.8. The van der Waals surface area contributed by atoms with Crippen molar-refractivity contribution in [1.29, 1.82) is 0 Å². The Labute approximate surface area is 165 Å². The van der Waals surface area contributed by atoms with Crippen molar-refractivity contribution in [1.82, 2.24) is 4.31 Å². The number of benzene rings is 2. The molecule has 2 aromatic rings. The molecular weight excluding hydrogens is 438 g/mol. The maximum Gasteiger partial charge on any atom is 0.271 e. The summed E-state index contributed by atoms with van der Waals surface area (Å²) >= 11 is 3.31. The Bertz CT molecular complexity index is 959. The number of piperazine rings is 1. The normalized spacial score (nSPS) is 15.6. The number of anilines is 1. The summed E-state index contributed by atoms with van der Waals surface area (Å²) < 4.78 is 32.9. The van der Waals surface area contributed by atoms with Crippen molar-refractivity contribution >= 4 is 37.3 Å². The van der Waals surface area contributed by atoms with Gasteiger partial charge >= 0.3 is 0 Å². The molecule has 0 bridgehead atoms. The molecule has 1 aliphatic rings. The molecule has 1 fully saturated rings. The topological polar surface area (TPSA) is 93.0 Å².